The van der Waals surface area contributed by atoms with Gasteiger partial charge in [0.1, 0.15) is 6.04 Å². The van der Waals surface area contributed by atoms with Gasteiger partial charge in [-0.25, -0.2) is 0 Å². The number of carbonyl (C=O) groups excluding carboxylic acids is 1. The summed E-state index contributed by atoms with van der Waals surface area (Å²) < 4.78 is 5.24. The summed E-state index contributed by atoms with van der Waals surface area (Å²) in [6.45, 7) is 6.24. The average molecular weight is 212 g/mol. The molecule has 0 aliphatic carbocycles. The minimum Gasteiger partial charge on any atom is -0.378 e. The van der Waals surface area contributed by atoms with Crippen LogP contribution in [0.1, 0.15) is 40.0 Å². The molecule has 0 aromatic heterocycles. The van der Waals surface area contributed by atoms with Crippen LogP contribution >= 0.6 is 0 Å². The first-order valence-corrected chi connectivity index (χ1v) is 5.40. The Morgan fingerprint density at radius 1 is 1.53 bits per heavy atom. The van der Waals surface area contributed by atoms with Crippen molar-refractivity contribution in [3.63, 3.8) is 0 Å². The lowest BCUT2D eigenvalue weighted by molar-refractivity contribution is -0.122. The number of nitrogens with zero attached hydrogens (tertiary/aromatic N) is 1. The Morgan fingerprint density at radius 2 is 2.20 bits per heavy atom. The number of nitriles is 1. The van der Waals surface area contributed by atoms with Crippen molar-refractivity contribution in [2.45, 2.75) is 52.2 Å². The fourth-order valence-electron chi connectivity index (χ4n) is 1.11. The predicted molar refractivity (Wildman–Crippen MR) is 58.2 cm³/mol. The largest absolute Gasteiger partial charge is 0.378 e. The second kappa shape index (κ2) is 8.25. The molecule has 0 radical (unpaired) electrons. The van der Waals surface area contributed by atoms with Crippen LogP contribution in [0.5, 0.6) is 0 Å². The van der Waals surface area contributed by atoms with E-state index < -0.39 is 0 Å². The molecule has 0 aliphatic heterocycles. The first-order valence-electron chi connectivity index (χ1n) is 5.40. The number of ether oxygens (including phenoxy) is 1. The molecular weight excluding hydrogens is 192 g/mol. The highest BCUT2D eigenvalue weighted by Crippen LogP contribution is 1.96. The minimum atomic E-state index is -0.360. The van der Waals surface area contributed by atoms with Gasteiger partial charge < -0.3 is 10.1 Å². The average Bonchev–Trinajstić information content (AvgIpc) is 2.16. The monoisotopic (exact) mass is 212 g/mol. The molecule has 1 N–H and O–H groups in total. The highest BCUT2D eigenvalue weighted by Gasteiger charge is 2.09. The van der Waals surface area contributed by atoms with Gasteiger partial charge in [0, 0.05) is 0 Å². The van der Waals surface area contributed by atoms with Gasteiger partial charge in [0.15, 0.2) is 0 Å². The van der Waals surface area contributed by atoms with Crippen molar-refractivity contribution in [2.24, 2.45) is 0 Å². The molecule has 0 aromatic carbocycles. The normalized spacial score (nSPS) is 12.2. The summed E-state index contributed by atoms with van der Waals surface area (Å²) in [4.78, 5) is 11.3. The van der Waals surface area contributed by atoms with E-state index in [2.05, 4.69) is 11.4 Å². The maximum absolute atomic E-state index is 11.3. The molecule has 1 atom stereocenters. The van der Waals surface area contributed by atoms with Gasteiger partial charge in [-0.2, -0.15) is 5.26 Å². The van der Waals surface area contributed by atoms with E-state index in [9.17, 15) is 4.79 Å². The van der Waals surface area contributed by atoms with Crippen molar-refractivity contribution in [3.05, 3.63) is 0 Å². The second-order valence-corrected chi connectivity index (χ2v) is 3.71. The predicted octanol–water partition coefficient (Wildman–Crippen LogP) is 1.61. The molecular formula is C11H20N2O2. The Balaban J connectivity index is 3.68. The molecule has 86 valence electrons. The number of carbonyl (C=O) groups is 1. The van der Waals surface area contributed by atoms with E-state index in [4.69, 9.17) is 10.00 Å². The highest BCUT2D eigenvalue weighted by atomic mass is 16.5. The lowest BCUT2D eigenvalue weighted by Crippen LogP contribution is -2.34. The summed E-state index contributed by atoms with van der Waals surface area (Å²) in [6, 6.07) is 1.70. The zero-order valence-electron chi connectivity index (χ0n) is 9.75. The number of rotatable bonds is 7. The first kappa shape index (κ1) is 13.9. The third kappa shape index (κ3) is 7.95. The molecule has 4 nitrogen and oxygen atoms in total. The molecule has 0 saturated heterocycles. The van der Waals surface area contributed by atoms with E-state index in [0.29, 0.717) is 19.4 Å². The van der Waals surface area contributed by atoms with E-state index in [0.717, 1.165) is 6.42 Å². The van der Waals surface area contributed by atoms with Crippen molar-refractivity contribution in [1.82, 2.24) is 5.32 Å². The number of hydrogen-bond acceptors (Lipinski definition) is 3. The van der Waals surface area contributed by atoms with Gasteiger partial charge in [-0.05, 0) is 20.3 Å². The summed E-state index contributed by atoms with van der Waals surface area (Å²) in [7, 11) is 0. The van der Waals surface area contributed by atoms with Crippen LogP contribution in [0.2, 0.25) is 0 Å². The van der Waals surface area contributed by atoms with Crippen molar-refractivity contribution >= 4 is 5.91 Å². The zero-order chi connectivity index (χ0) is 11.7. The van der Waals surface area contributed by atoms with Gasteiger partial charge in [0.2, 0.25) is 5.91 Å². The fourth-order valence-corrected chi connectivity index (χ4v) is 1.11. The molecule has 15 heavy (non-hydrogen) atoms. The molecule has 4 heteroatoms. The molecule has 0 fully saturated rings. The van der Waals surface area contributed by atoms with Gasteiger partial charge in [0.25, 0.3) is 0 Å². The molecule has 0 aromatic rings. The standard InChI is InChI=1S/C11H20N2O2/c1-4-5-10(8-12)13-11(14)6-7-15-9(2)3/h9-10H,4-7H2,1-3H3,(H,13,14)/t10-/m0/s1. The van der Waals surface area contributed by atoms with Gasteiger partial charge in [-0.1, -0.05) is 13.3 Å². The zero-order valence-corrected chi connectivity index (χ0v) is 9.75. The molecule has 0 unspecified atom stereocenters. The van der Waals surface area contributed by atoms with Crippen LogP contribution < -0.4 is 5.32 Å². The summed E-state index contributed by atoms with van der Waals surface area (Å²) in [5.41, 5.74) is 0. The minimum absolute atomic E-state index is 0.115. The van der Waals surface area contributed by atoms with Gasteiger partial charge in [-0.15, -0.1) is 0 Å². The highest BCUT2D eigenvalue weighted by molar-refractivity contribution is 5.76. The van der Waals surface area contributed by atoms with E-state index in [1.807, 2.05) is 20.8 Å². The van der Waals surface area contributed by atoms with Crippen molar-refractivity contribution in [2.75, 3.05) is 6.61 Å². The van der Waals surface area contributed by atoms with Crippen LogP contribution in [-0.4, -0.2) is 24.7 Å². The van der Waals surface area contributed by atoms with Gasteiger partial charge >= 0.3 is 0 Å². The van der Waals surface area contributed by atoms with Crippen molar-refractivity contribution < 1.29 is 9.53 Å². The molecule has 1 amide bonds. The summed E-state index contributed by atoms with van der Waals surface area (Å²) >= 11 is 0. The van der Waals surface area contributed by atoms with Gasteiger partial charge in [-0.3, -0.25) is 4.79 Å². The molecule has 0 aliphatic rings. The Labute approximate surface area is 91.6 Å². The Bertz CT molecular complexity index is 221. The number of nitrogens with one attached hydrogen (secondary N) is 1. The van der Waals surface area contributed by atoms with Crippen molar-refractivity contribution in [1.29, 1.82) is 5.26 Å². The van der Waals surface area contributed by atoms with Crippen LogP contribution in [0.3, 0.4) is 0 Å². The van der Waals surface area contributed by atoms with Crippen molar-refractivity contribution in [3.8, 4) is 6.07 Å². The summed E-state index contributed by atoms with van der Waals surface area (Å²) in [5, 5.41) is 11.4. The van der Waals surface area contributed by atoms with Crippen LogP contribution in [0.4, 0.5) is 0 Å². The van der Waals surface area contributed by atoms with Crippen LogP contribution in [0.15, 0.2) is 0 Å². The second-order valence-electron chi connectivity index (χ2n) is 3.71. The molecule has 0 heterocycles. The van der Waals surface area contributed by atoms with Gasteiger partial charge in [0.05, 0.1) is 25.2 Å². The van der Waals surface area contributed by atoms with E-state index in [1.165, 1.54) is 0 Å². The Morgan fingerprint density at radius 3 is 2.67 bits per heavy atom. The maximum atomic E-state index is 11.3. The topological polar surface area (TPSA) is 62.1 Å². The lowest BCUT2D eigenvalue weighted by Gasteiger charge is -2.11. The molecule has 0 saturated carbocycles. The molecule has 0 bridgehead atoms. The number of hydrogen-bond donors (Lipinski definition) is 1. The first-order chi connectivity index (χ1) is 7.10. The SMILES string of the molecule is CCC[C@@H](C#N)NC(=O)CCOC(C)C. The van der Waals surface area contributed by atoms with Crippen LogP contribution in [-0.2, 0) is 9.53 Å². The smallest absolute Gasteiger partial charge is 0.223 e. The summed E-state index contributed by atoms with van der Waals surface area (Å²) in [6.07, 6.45) is 2.05. The quantitative estimate of drug-likeness (QED) is 0.697. The number of amides is 1. The Kier molecular flexibility index (Phi) is 7.65. The van der Waals surface area contributed by atoms with Crippen LogP contribution in [0.25, 0.3) is 0 Å². The van der Waals surface area contributed by atoms with Crippen LogP contribution in [0, 0.1) is 11.3 Å². The van der Waals surface area contributed by atoms with E-state index in [1.54, 1.807) is 0 Å². The third-order valence-corrected chi connectivity index (χ3v) is 1.85. The van der Waals surface area contributed by atoms with E-state index in [-0.39, 0.29) is 18.1 Å². The lowest BCUT2D eigenvalue weighted by atomic mass is 10.2. The Hall–Kier alpha value is -1.08. The molecule has 0 rings (SSSR count). The maximum Gasteiger partial charge on any atom is 0.223 e. The fraction of sp³-hybridized carbons (Fsp3) is 0.818. The van der Waals surface area contributed by atoms with E-state index >= 15 is 0 Å². The molecule has 0 spiro atoms. The summed E-state index contributed by atoms with van der Waals surface area (Å²) in [5.74, 6) is -0.115. The third-order valence-electron chi connectivity index (χ3n) is 1.85.